The average Bonchev–Trinajstić information content (AvgIpc) is 2.85. The van der Waals surface area contributed by atoms with E-state index in [4.69, 9.17) is 22.1 Å². The van der Waals surface area contributed by atoms with E-state index in [-0.39, 0.29) is 10.6 Å². The van der Waals surface area contributed by atoms with Gasteiger partial charge in [-0.25, -0.2) is 14.4 Å². The van der Waals surface area contributed by atoms with Gasteiger partial charge >= 0.3 is 0 Å². The summed E-state index contributed by atoms with van der Waals surface area (Å²) in [4.78, 5) is 11.1. The summed E-state index contributed by atoms with van der Waals surface area (Å²) >= 11 is 5.96. The minimum atomic E-state index is -0.478. The van der Waals surface area contributed by atoms with Gasteiger partial charge in [-0.05, 0) is 71.5 Å². The minimum absolute atomic E-state index is 0.0333. The molecule has 0 saturated carbocycles. The molecule has 0 aliphatic heterocycles. The van der Waals surface area contributed by atoms with Crippen LogP contribution < -0.4 is 15.8 Å². The number of nitrogens with zero attached hydrogens (tertiary/aromatic N) is 3. The normalized spacial score (nSPS) is 12.4. The zero-order chi connectivity index (χ0) is 26.3. The van der Waals surface area contributed by atoms with E-state index in [1.54, 1.807) is 6.07 Å². The predicted molar refractivity (Wildman–Crippen MR) is 146 cm³/mol. The van der Waals surface area contributed by atoms with Crippen LogP contribution in [0.1, 0.15) is 52.5 Å². The van der Waals surface area contributed by atoms with Crippen molar-refractivity contribution in [2.45, 2.75) is 58.5 Å². The van der Waals surface area contributed by atoms with Crippen LogP contribution in [0, 0.1) is 17.7 Å². The molecule has 1 heterocycles. The fourth-order valence-corrected chi connectivity index (χ4v) is 4.27. The minimum Gasteiger partial charge on any atom is -0.492 e. The number of fused-ring (bicyclic) bond motifs is 1. The molecule has 0 bridgehead atoms. The summed E-state index contributed by atoms with van der Waals surface area (Å²) in [6.07, 6.45) is 4.56. The van der Waals surface area contributed by atoms with Gasteiger partial charge in [-0.2, -0.15) is 0 Å². The molecule has 1 atom stereocenters. The second-order valence-electron chi connectivity index (χ2n) is 9.21. The van der Waals surface area contributed by atoms with E-state index in [0.717, 1.165) is 30.2 Å². The third kappa shape index (κ3) is 6.64. The third-order valence-electron chi connectivity index (χ3n) is 6.27. The second-order valence-corrected chi connectivity index (χ2v) is 9.62. The van der Waals surface area contributed by atoms with Crippen molar-refractivity contribution in [1.82, 2.24) is 14.9 Å². The quantitative estimate of drug-likeness (QED) is 0.318. The molecule has 36 heavy (non-hydrogen) atoms. The first-order chi connectivity index (χ1) is 17.2. The summed E-state index contributed by atoms with van der Waals surface area (Å²) in [5.41, 5.74) is 7.56. The van der Waals surface area contributed by atoms with Crippen molar-refractivity contribution in [3.8, 4) is 17.6 Å². The van der Waals surface area contributed by atoms with Crippen molar-refractivity contribution in [3.05, 3.63) is 53.1 Å². The maximum atomic E-state index is 13.6. The number of nitrogens with two attached hydrogens (primary N) is 1. The van der Waals surface area contributed by atoms with E-state index in [2.05, 4.69) is 59.8 Å². The van der Waals surface area contributed by atoms with Crippen LogP contribution in [0.25, 0.3) is 10.9 Å². The number of aromatic nitrogens is 2. The first-order valence-electron chi connectivity index (χ1n) is 12.3. The zero-order valence-electron chi connectivity index (χ0n) is 21.7. The number of ether oxygens (including phenoxy) is 1. The average molecular weight is 512 g/mol. The molecule has 8 heteroatoms. The van der Waals surface area contributed by atoms with Crippen molar-refractivity contribution in [2.24, 2.45) is 5.73 Å². The molecule has 3 aromatic rings. The van der Waals surface area contributed by atoms with Gasteiger partial charge in [-0.15, -0.1) is 0 Å². The number of nitrogens with one attached hydrogen (secondary N) is 1. The molecule has 2 aromatic carbocycles. The standard InChI is InChI=1S/C28H35ClFN5O/c1-6-8-21(12-14-31)35(5)28(3,4)13-11-19-15-22-25(17-26(19)36-7-2)32-18-33-27(22)34-20-9-10-24(30)23(29)16-20/h9-10,15-18,21H,6-8,12,14,31H2,1-5H3,(H,32,33,34). The Kier molecular flexibility index (Phi) is 9.49. The summed E-state index contributed by atoms with van der Waals surface area (Å²) in [6, 6.07) is 8.61. The Hall–Kier alpha value is -2.92. The first kappa shape index (κ1) is 27.7. The van der Waals surface area contributed by atoms with E-state index in [1.807, 2.05) is 19.1 Å². The molecule has 6 nitrogen and oxygen atoms in total. The Morgan fingerprint density at radius 3 is 2.64 bits per heavy atom. The molecule has 0 amide bonds. The summed E-state index contributed by atoms with van der Waals surface area (Å²) in [5, 5.41) is 4.02. The molecule has 0 aliphatic rings. The van der Waals surface area contributed by atoms with Gasteiger partial charge in [-0.1, -0.05) is 36.8 Å². The van der Waals surface area contributed by atoms with Crippen LogP contribution in [0.5, 0.6) is 5.75 Å². The summed E-state index contributed by atoms with van der Waals surface area (Å²) < 4.78 is 19.5. The fourth-order valence-electron chi connectivity index (χ4n) is 4.09. The molecule has 0 aliphatic carbocycles. The van der Waals surface area contributed by atoms with Crippen LogP contribution in [0.15, 0.2) is 36.7 Å². The van der Waals surface area contributed by atoms with Crippen LogP contribution in [0.4, 0.5) is 15.9 Å². The highest BCUT2D eigenvalue weighted by atomic mass is 35.5. The van der Waals surface area contributed by atoms with E-state index in [9.17, 15) is 4.39 Å². The van der Waals surface area contributed by atoms with E-state index in [0.29, 0.717) is 42.0 Å². The topological polar surface area (TPSA) is 76.3 Å². The van der Waals surface area contributed by atoms with Gasteiger partial charge in [0.2, 0.25) is 0 Å². The van der Waals surface area contributed by atoms with Crippen LogP contribution in [-0.4, -0.2) is 46.6 Å². The third-order valence-corrected chi connectivity index (χ3v) is 6.56. The van der Waals surface area contributed by atoms with Gasteiger partial charge in [0.25, 0.3) is 0 Å². The number of anilines is 2. The lowest BCUT2D eigenvalue weighted by atomic mass is 9.97. The number of hydrogen-bond acceptors (Lipinski definition) is 6. The van der Waals surface area contributed by atoms with Gasteiger partial charge in [0.05, 0.1) is 28.2 Å². The highest BCUT2D eigenvalue weighted by Crippen LogP contribution is 2.31. The lowest BCUT2D eigenvalue weighted by molar-refractivity contribution is 0.133. The molecule has 192 valence electrons. The van der Waals surface area contributed by atoms with Crippen molar-refractivity contribution in [1.29, 1.82) is 0 Å². The smallest absolute Gasteiger partial charge is 0.141 e. The Labute approximate surface area is 218 Å². The Morgan fingerprint density at radius 2 is 1.97 bits per heavy atom. The van der Waals surface area contributed by atoms with E-state index in [1.165, 1.54) is 18.5 Å². The number of benzene rings is 2. The predicted octanol–water partition coefficient (Wildman–Crippen LogP) is 6.14. The van der Waals surface area contributed by atoms with Gasteiger partial charge in [0, 0.05) is 23.2 Å². The molecule has 1 unspecified atom stereocenters. The largest absolute Gasteiger partial charge is 0.492 e. The van der Waals surface area contributed by atoms with Gasteiger partial charge in [0.1, 0.15) is 23.7 Å². The van der Waals surface area contributed by atoms with Crippen molar-refractivity contribution >= 4 is 34.0 Å². The first-order valence-corrected chi connectivity index (χ1v) is 12.7. The zero-order valence-corrected chi connectivity index (χ0v) is 22.4. The monoisotopic (exact) mass is 511 g/mol. The maximum absolute atomic E-state index is 13.6. The summed E-state index contributed by atoms with van der Waals surface area (Å²) in [5.74, 6) is 7.56. The maximum Gasteiger partial charge on any atom is 0.141 e. The highest BCUT2D eigenvalue weighted by Gasteiger charge is 2.27. The van der Waals surface area contributed by atoms with Crippen LogP contribution in [0.3, 0.4) is 0 Å². The van der Waals surface area contributed by atoms with Gasteiger partial charge < -0.3 is 15.8 Å². The Bertz CT molecular complexity index is 1250. The van der Waals surface area contributed by atoms with Gasteiger partial charge in [0.15, 0.2) is 0 Å². The van der Waals surface area contributed by atoms with Crippen molar-refractivity contribution in [2.75, 3.05) is 25.5 Å². The number of rotatable bonds is 10. The molecular formula is C28H35ClFN5O. The summed E-state index contributed by atoms with van der Waals surface area (Å²) in [7, 11) is 2.11. The summed E-state index contributed by atoms with van der Waals surface area (Å²) in [6.45, 7) is 9.51. The Morgan fingerprint density at radius 1 is 1.19 bits per heavy atom. The molecule has 0 fully saturated rings. The lowest BCUT2D eigenvalue weighted by Gasteiger charge is -2.38. The van der Waals surface area contributed by atoms with Crippen molar-refractivity contribution in [3.63, 3.8) is 0 Å². The van der Waals surface area contributed by atoms with E-state index >= 15 is 0 Å². The molecule has 3 N–H and O–H groups in total. The number of hydrogen-bond donors (Lipinski definition) is 2. The highest BCUT2D eigenvalue weighted by molar-refractivity contribution is 6.31. The molecule has 3 rings (SSSR count). The molecular weight excluding hydrogens is 477 g/mol. The number of halogens is 2. The van der Waals surface area contributed by atoms with Crippen LogP contribution in [0.2, 0.25) is 5.02 Å². The fraction of sp³-hybridized carbons (Fsp3) is 0.429. The molecule has 1 aromatic heterocycles. The second kappa shape index (κ2) is 12.4. The van der Waals surface area contributed by atoms with Gasteiger partial charge in [-0.3, -0.25) is 4.90 Å². The van der Waals surface area contributed by atoms with Crippen molar-refractivity contribution < 1.29 is 9.13 Å². The van der Waals surface area contributed by atoms with E-state index < -0.39 is 5.82 Å². The SMILES string of the molecule is CCCC(CCN)N(C)C(C)(C)C#Cc1cc2c(Nc3ccc(F)c(Cl)c3)ncnc2cc1OCC. The molecule has 0 spiro atoms. The van der Waals surface area contributed by atoms with Crippen LogP contribution >= 0.6 is 11.6 Å². The Balaban J connectivity index is 2.03. The van der Waals surface area contributed by atoms with Crippen LogP contribution in [-0.2, 0) is 0 Å². The molecule has 0 radical (unpaired) electrons. The lowest BCUT2D eigenvalue weighted by Crippen LogP contribution is -2.47. The molecule has 0 saturated heterocycles.